The highest BCUT2D eigenvalue weighted by Gasteiger charge is 2.21. The van der Waals surface area contributed by atoms with E-state index in [2.05, 4.69) is 5.10 Å². The minimum atomic E-state index is -3.47. The number of benzene rings is 2. The number of hydrogen-bond acceptors (Lipinski definition) is 3. The summed E-state index contributed by atoms with van der Waals surface area (Å²) < 4.78 is 39.5. The molecule has 0 aliphatic heterocycles. The maximum atomic E-state index is 13.0. The van der Waals surface area contributed by atoms with Gasteiger partial charge in [0.25, 0.3) is 0 Å². The molecule has 3 rings (SSSR count). The average molecular weight is 379 g/mol. The molecule has 0 unspecified atom stereocenters. The van der Waals surface area contributed by atoms with E-state index in [-0.39, 0.29) is 16.7 Å². The summed E-state index contributed by atoms with van der Waals surface area (Å²) in [6.45, 7) is 1.73. The molecule has 0 N–H and O–H groups in total. The van der Waals surface area contributed by atoms with Gasteiger partial charge in [-0.05, 0) is 36.8 Å². The van der Waals surface area contributed by atoms with Gasteiger partial charge in [0.1, 0.15) is 11.0 Å². The van der Waals surface area contributed by atoms with E-state index in [0.717, 1.165) is 5.69 Å². The quantitative estimate of drug-likeness (QED) is 0.672. The van der Waals surface area contributed by atoms with Crippen LogP contribution >= 0.6 is 11.6 Å². The molecule has 4 nitrogen and oxygen atoms in total. The van der Waals surface area contributed by atoms with Gasteiger partial charge in [0.2, 0.25) is 0 Å². The predicted octanol–water partition coefficient (Wildman–Crippen LogP) is 4.09. The summed E-state index contributed by atoms with van der Waals surface area (Å²) in [4.78, 5) is 0. The summed E-state index contributed by atoms with van der Waals surface area (Å²) in [5.74, 6) is -0.800. The normalized spacial score (nSPS) is 11.6. The van der Waals surface area contributed by atoms with Gasteiger partial charge < -0.3 is 0 Å². The van der Waals surface area contributed by atoms with E-state index in [1.54, 1.807) is 6.92 Å². The minimum Gasteiger partial charge on any atom is -0.228 e. The summed E-state index contributed by atoms with van der Waals surface area (Å²) in [6.07, 6.45) is 0. The third kappa shape index (κ3) is 4.08. The Morgan fingerprint density at radius 1 is 1.04 bits per heavy atom. The fourth-order valence-electron chi connectivity index (χ4n) is 2.54. The first kappa shape index (κ1) is 17.6. The van der Waals surface area contributed by atoms with Crippen molar-refractivity contribution in [2.24, 2.45) is 0 Å². The fourth-order valence-corrected chi connectivity index (χ4v) is 4.55. The lowest BCUT2D eigenvalue weighted by Gasteiger charge is -2.06. The van der Waals surface area contributed by atoms with Crippen LogP contribution in [-0.4, -0.2) is 18.2 Å². The Kier molecular flexibility index (Phi) is 4.92. The van der Waals surface area contributed by atoms with E-state index < -0.39 is 15.7 Å². The van der Waals surface area contributed by atoms with Crippen LogP contribution in [0.3, 0.4) is 0 Å². The average Bonchev–Trinajstić information content (AvgIpc) is 2.85. The molecule has 1 heterocycles. The van der Waals surface area contributed by atoms with Crippen LogP contribution < -0.4 is 0 Å². The molecule has 25 heavy (non-hydrogen) atoms. The van der Waals surface area contributed by atoms with Gasteiger partial charge in [-0.15, -0.1) is 0 Å². The second-order valence-corrected chi connectivity index (χ2v) is 8.18. The van der Waals surface area contributed by atoms with Gasteiger partial charge in [-0.3, -0.25) is 0 Å². The molecule has 0 fully saturated rings. The zero-order chi connectivity index (χ0) is 18.0. The number of halogens is 2. The number of para-hydroxylation sites is 1. The number of aromatic nitrogens is 2. The third-order valence-electron chi connectivity index (χ3n) is 3.79. The lowest BCUT2D eigenvalue weighted by molar-refractivity contribution is 0.594. The smallest absolute Gasteiger partial charge is 0.158 e. The SMILES string of the molecule is Cc1nn(-c2ccccc2)c(Cl)c1CS(=O)(=O)Cc1ccc(F)cc1. The van der Waals surface area contributed by atoms with Crippen molar-refractivity contribution in [2.75, 3.05) is 0 Å². The molecule has 130 valence electrons. The number of nitrogens with zero attached hydrogens (tertiary/aromatic N) is 2. The van der Waals surface area contributed by atoms with E-state index in [9.17, 15) is 12.8 Å². The molecule has 0 atom stereocenters. The Hall–Kier alpha value is -2.18. The third-order valence-corrected chi connectivity index (χ3v) is 5.68. The highest BCUT2D eigenvalue weighted by Crippen LogP contribution is 2.26. The van der Waals surface area contributed by atoms with Gasteiger partial charge in [0.15, 0.2) is 9.84 Å². The fraction of sp³-hybridized carbons (Fsp3) is 0.167. The largest absolute Gasteiger partial charge is 0.228 e. The molecule has 0 radical (unpaired) electrons. The van der Waals surface area contributed by atoms with E-state index in [0.29, 0.717) is 16.8 Å². The first-order valence-electron chi connectivity index (χ1n) is 7.60. The van der Waals surface area contributed by atoms with Crippen molar-refractivity contribution in [3.8, 4) is 5.69 Å². The maximum Gasteiger partial charge on any atom is 0.158 e. The van der Waals surface area contributed by atoms with Crippen molar-refractivity contribution in [3.63, 3.8) is 0 Å². The van der Waals surface area contributed by atoms with Crippen LogP contribution in [0.25, 0.3) is 5.69 Å². The summed E-state index contributed by atoms with van der Waals surface area (Å²) in [5, 5.41) is 4.64. The Balaban J connectivity index is 1.87. The lowest BCUT2D eigenvalue weighted by Crippen LogP contribution is -2.08. The summed E-state index contributed by atoms with van der Waals surface area (Å²) in [6, 6.07) is 14.7. The number of rotatable bonds is 5. The van der Waals surface area contributed by atoms with Crippen LogP contribution in [0.2, 0.25) is 5.15 Å². The molecule has 0 saturated carbocycles. The molecular weight excluding hydrogens is 363 g/mol. The zero-order valence-electron chi connectivity index (χ0n) is 13.5. The Morgan fingerprint density at radius 3 is 2.32 bits per heavy atom. The van der Waals surface area contributed by atoms with Gasteiger partial charge in [0.05, 0.1) is 22.9 Å². The maximum absolute atomic E-state index is 13.0. The van der Waals surface area contributed by atoms with Crippen LogP contribution in [-0.2, 0) is 21.3 Å². The van der Waals surface area contributed by atoms with Crippen molar-refractivity contribution >= 4 is 21.4 Å². The number of aryl methyl sites for hydroxylation is 1. The van der Waals surface area contributed by atoms with Crippen molar-refractivity contribution in [3.05, 3.63) is 82.4 Å². The topological polar surface area (TPSA) is 52.0 Å². The lowest BCUT2D eigenvalue weighted by atomic mass is 10.2. The molecule has 0 saturated heterocycles. The van der Waals surface area contributed by atoms with Crippen LogP contribution in [0.1, 0.15) is 16.8 Å². The molecule has 0 aliphatic rings. The van der Waals surface area contributed by atoms with Gasteiger partial charge in [-0.25, -0.2) is 17.5 Å². The highest BCUT2D eigenvalue weighted by molar-refractivity contribution is 7.89. The van der Waals surface area contributed by atoms with Gasteiger partial charge in [-0.1, -0.05) is 41.9 Å². The van der Waals surface area contributed by atoms with Crippen molar-refractivity contribution in [1.82, 2.24) is 9.78 Å². The molecule has 3 aromatic rings. The summed E-state index contributed by atoms with van der Waals surface area (Å²) >= 11 is 6.38. The number of hydrogen-bond donors (Lipinski definition) is 0. The van der Waals surface area contributed by atoms with Crippen LogP contribution in [0, 0.1) is 12.7 Å². The number of sulfone groups is 1. The summed E-state index contributed by atoms with van der Waals surface area (Å²) in [5.41, 5.74) is 2.34. The Bertz CT molecular complexity index is 984. The van der Waals surface area contributed by atoms with Crippen LogP contribution in [0.15, 0.2) is 54.6 Å². The highest BCUT2D eigenvalue weighted by atomic mass is 35.5. The minimum absolute atomic E-state index is 0.181. The van der Waals surface area contributed by atoms with Gasteiger partial charge in [0, 0.05) is 5.56 Å². The van der Waals surface area contributed by atoms with E-state index in [4.69, 9.17) is 11.6 Å². The zero-order valence-corrected chi connectivity index (χ0v) is 15.1. The molecule has 0 bridgehead atoms. The molecular formula is C18H16ClFN2O2S. The molecule has 0 aliphatic carbocycles. The van der Waals surface area contributed by atoms with Gasteiger partial charge >= 0.3 is 0 Å². The van der Waals surface area contributed by atoms with E-state index in [1.807, 2.05) is 30.3 Å². The predicted molar refractivity (Wildman–Crippen MR) is 96.0 cm³/mol. The van der Waals surface area contributed by atoms with Crippen LogP contribution in [0.5, 0.6) is 0 Å². The van der Waals surface area contributed by atoms with Crippen molar-refractivity contribution in [2.45, 2.75) is 18.4 Å². The Morgan fingerprint density at radius 2 is 1.68 bits per heavy atom. The standard InChI is InChI=1S/C18H16ClFN2O2S/c1-13-17(18(19)22(21-13)16-5-3-2-4-6-16)12-25(23,24)11-14-7-9-15(20)10-8-14/h2-10H,11-12H2,1H3. The molecule has 7 heteroatoms. The first-order chi connectivity index (χ1) is 11.9. The Labute approximate surface area is 150 Å². The van der Waals surface area contributed by atoms with Gasteiger partial charge in [-0.2, -0.15) is 5.10 Å². The van der Waals surface area contributed by atoms with Crippen molar-refractivity contribution in [1.29, 1.82) is 0 Å². The molecule has 2 aromatic carbocycles. The van der Waals surface area contributed by atoms with Crippen molar-refractivity contribution < 1.29 is 12.8 Å². The molecule has 0 spiro atoms. The van der Waals surface area contributed by atoms with Crippen LogP contribution in [0.4, 0.5) is 4.39 Å². The molecule has 1 aromatic heterocycles. The van der Waals surface area contributed by atoms with E-state index >= 15 is 0 Å². The monoisotopic (exact) mass is 378 g/mol. The summed E-state index contributed by atoms with van der Waals surface area (Å²) in [7, 11) is -3.47. The van der Waals surface area contributed by atoms with E-state index in [1.165, 1.54) is 28.9 Å². The molecule has 0 amide bonds. The first-order valence-corrected chi connectivity index (χ1v) is 9.80. The second kappa shape index (κ2) is 6.98. The second-order valence-electron chi connectivity index (χ2n) is 5.76.